The summed E-state index contributed by atoms with van der Waals surface area (Å²) in [6.45, 7) is 4.91. The number of aromatic nitrogens is 1. The molecule has 0 atom stereocenters. The maximum atomic E-state index is 11.9. The van der Waals surface area contributed by atoms with Gasteiger partial charge in [-0.05, 0) is 26.8 Å². The van der Waals surface area contributed by atoms with Crippen molar-refractivity contribution < 1.29 is 19.5 Å². The van der Waals surface area contributed by atoms with E-state index in [4.69, 9.17) is 0 Å². The number of rotatable bonds is 2. The number of amides is 2. The van der Waals surface area contributed by atoms with Gasteiger partial charge in [0.1, 0.15) is 11.1 Å². The molecule has 0 aromatic carbocycles. The Kier molecular flexibility index (Phi) is 3.21. The van der Waals surface area contributed by atoms with Crippen molar-refractivity contribution in [2.75, 3.05) is 11.4 Å². The molecule has 7 heteroatoms. The minimum Gasteiger partial charge on any atom is -0.478 e. The molecule has 1 aliphatic heterocycles. The van der Waals surface area contributed by atoms with Gasteiger partial charge in [0.05, 0.1) is 12.2 Å². The number of piperazine rings is 1. The first-order chi connectivity index (χ1) is 9.23. The largest absolute Gasteiger partial charge is 0.478 e. The summed E-state index contributed by atoms with van der Waals surface area (Å²) < 4.78 is 0. The molecular formula is C13H15N3O4. The molecule has 7 nitrogen and oxygen atoms in total. The van der Waals surface area contributed by atoms with E-state index in [1.807, 2.05) is 0 Å². The third kappa shape index (κ3) is 2.22. The monoisotopic (exact) mass is 277 g/mol. The fourth-order valence-corrected chi connectivity index (χ4v) is 2.10. The lowest BCUT2D eigenvalue weighted by molar-refractivity contribution is -0.135. The van der Waals surface area contributed by atoms with E-state index < -0.39 is 23.3 Å². The number of hydrogen-bond acceptors (Lipinski definition) is 5. The lowest BCUT2D eigenvalue weighted by Gasteiger charge is -2.42. The molecule has 1 aromatic rings. The first-order valence-electron chi connectivity index (χ1n) is 6.05. The van der Waals surface area contributed by atoms with E-state index in [9.17, 15) is 19.5 Å². The summed E-state index contributed by atoms with van der Waals surface area (Å²) in [6.07, 6.45) is 1.24. The molecule has 2 N–H and O–H groups in total. The second-order valence-corrected chi connectivity index (χ2v) is 5.17. The molecule has 0 radical (unpaired) electrons. The van der Waals surface area contributed by atoms with Gasteiger partial charge in [0.25, 0.3) is 5.91 Å². The van der Waals surface area contributed by atoms with Crippen LogP contribution in [0, 0.1) is 6.92 Å². The van der Waals surface area contributed by atoms with Crippen LogP contribution in [-0.2, 0) is 9.59 Å². The molecule has 1 saturated heterocycles. The molecular weight excluding hydrogens is 262 g/mol. The second-order valence-electron chi connectivity index (χ2n) is 5.17. The van der Waals surface area contributed by atoms with Crippen LogP contribution in [0.5, 0.6) is 0 Å². The van der Waals surface area contributed by atoms with Gasteiger partial charge < -0.3 is 10.0 Å². The summed E-state index contributed by atoms with van der Waals surface area (Å²) in [5.74, 6) is -2.07. The van der Waals surface area contributed by atoms with Crippen LogP contribution in [0.2, 0.25) is 0 Å². The molecule has 0 bridgehead atoms. The Morgan fingerprint density at radius 2 is 2.10 bits per heavy atom. The number of anilines is 1. The van der Waals surface area contributed by atoms with Crippen LogP contribution in [0.3, 0.4) is 0 Å². The average molecular weight is 277 g/mol. The van der Waals surface area contributed by atoms with E-state index >= 15 is 0 Å². The molecule has 1 fully saturated rings. The predicted molar refractivity (Wildman–Crippen MR) is 70.5 cm³/mol. The Hall–Kier alpha value is -2.44. The molecule has 0 spiro atoms. The number of nitrogens with zero attached hydrogens (tertiary/aromatic N) is 2. The van der Waals surface area contributed by atoms with Crippen LogP contribution < -0.4 is 10.2 Å². The van der Waals surface area contributed by atoms with E-state index in [1.165, 1.54) is 11.1 Å². The van der Waals surface area contributed by atoms with Gasteiger partial charge in [-0.2, -0.15) is 0 Å². The van der Waals surface area contributed by atoms with Crippen molar-refractivity contribution in [1.29, 1.82) is 0 Å². The van der Waals surface area contributed by atoms with Gasteiger partial charge in [-0.25, -0.2) is 4.79 Å². The number of aryl methyl sites for hydroxylation is 1. The molecule has 2 heterocycles. The summed E-state index contributed by atoms with van der Waals surface area (Å²) in [5, 5.41) is 11.5. The number of carboxylic acid groups (broad SMARTS) is 1. The molecule has 106 valence electrons. The summed E-state index contributed by atoms with van der Waals surface area (Å²) in [7, 11) is 0. The van der Waals surface area contributed by atoms with E-state index in [2.05, 4.69) is 10.3 Å². The van der Waals surface area contributed by atoms with Crippen LogP contribution in [0.15, 0.2) is 12.3 Å². The zero-order chi connectivity index (χ0) is 15.1. The molecule has 0 saturated carbocycles. The zero-order valence-electron chi connectivity index (χ0n) is 11.4. The van der Waals surface area contributed by atoms with E-state index in [0.29, 0.717) is 11.4 Å². The van der Waals surface area contributed by atoms with Crippen LogP contribution in [0.1, 0.15) is 29.9 Å². The molecule has 2 rings (SSSR count). The summed E-state index contributed by atoms with van der Waals surface area (Å²) >= 11 is 0. The number of carbonyl (C=O) groups excluding carboxylic acids is 2. The van der Waals surface area contributed by atoms with Crippen LogP contribution in [-0.4, -0.2) is 40.0 Å². The average Bonchev–Trinajstić information content (AvgIpc) is 2.33. The Labute approximate surface area is 115 Å². The van der Waals surface area contributed by atoms with E-state index in [0.717, 1.165) is 0 Å². The number of hydrogen-bond donors (Lipinski definition) is 2. The first-order valence-corrected chi connectivity index (χ1v) is 6.05. The Balaban J connectivity index is 2.59. The lowest BCUT2D eigenvalue weighted by atomic mass is 9.96. The standard InChI is InChI=1S/C13H15N3O4/c1-7-4-9(8(5-14-7)11(18)19)16-6-10(17)15-12(20)13(16,2)3/h4-5H,6H2,1-3H3,(H,18,19)(H,15,17,20). The SMILES string of the molecule is Cc1cc(N2CC(=O)NC(=O)C2(C)C)c(C(=O)O)cn1. The van der Waals surface area contributed by atoms with Gasteiger partial charge in [-0.1, -0.05) is 0 Å². The van der Waals surface area contributed by atoms with Crippen molar-refractivity contribution in [3.8, 4) is 0 Å². The third-order valence-corrected chi connectivity index (χ3v) is 3.33. The summed E-state index contributed by atoms with van der Waals surface area (Å²) in [5.41, 5.74) is -0.130. The van der Waals surface area contributed by atoms with Gasteiger partial charge in [0, 0.05) is 11.9 Å². The normalized spacial score (nSPS) is 17.9. The van der Waals surface area contributed by atoms with Gasteiger partial charge in [-0.15, -0.1) is 0 Å². The highest BCUT2D eigenvalue weighted by molar-refractivity contribution is 6.08. The van der Waals surface area contributed by atoms with Crippen molar-refractivity contribution in [3.63, 3.8) is 0 Å². The predicted octanol–water partition coefficient (Wildman–Crippen LogP) is 0.330. The van der Waals surface area contributed by atoms with Crippen molar-refractivity contribution >= 4 is 23.5 Å². The maximum Gasteiger partial charge on any atom is 0.339 e. The smallest absolute Gasteiger partial charge is 0.339 e. The Morgan fingerprint density at radius 3 is 2.70 bits per heavy atom. The van der Waals surface area contributed by atoms with Crippen molar-refractivity contribution in [1.82, 2.24) is 10.3 Å². The van der Waals surface area contributed by atoms with Gasteiger partial charge >= 0.3 is 5.97 Å². The summed E-state index contributed by atoms with van der Waals surface area (Å²) in [4.78, 5) is 40.3. The van der Waals surface area contributed by atoms with Gasteiger partial charge in [0.2, 0.25) is 5.91 Å². The van der Waals surface area contributed by atoms with Crippen LogP contribution >= 0.6 is 0 Å². The third-order valence-electron chi connectivity index (χ3n) is 3.33. The number of pyridine rings is 1. The molecule has 2 amide bonds. The summed E-state index contributed by atoms with van der Waals surface area (Å²) in [6, 6.07) is 1.57. The minimum absolute atomic E-state index is 0.0359. The number of imide groups is 1. The maximum absolute atomic E-state index is 11.9. The Morgan fingerprint density at radius 1 is 1.45 bits per heavy atom. The second kappa shape index (κ2) is 4.59. The quantitative estimate of drug-likeness (QED) is 0.756. The fourth-order valence-electron chi connectivity index (χ4n) is 2.10. The fraction of sp³-hybridized carbons (Fsp3) is 0.385. The molecule has 0 aliphatic carbocycles. The number of aromatic carboxylic acids is 1. The van der Waals surface area contributed by atoms with Crippen molar-refractivity contribution in [2.45, 2.75) is 26.3 Å². The highest BCUT2D eigenvalue weighted by atomic mass is 16.4. The molecule has 1 aromatic heterocycles. The highest BCUT2D eigenvalue weighted by Crippen LogP contribution is 2.29. The van der Waals surface area contributed by atoms with Crippen LogP contribution in [0.25, 0.3) is 0 Å². The van der Waals surface area contributed by atoms with Gasteiger partial charge in [-0.3, -0.25) is 19.9 Å². The number of nitrogens with one attached hydrogen (secondary N) is 1. The molecule has 20 heavy (non-hydrogen) atoms. The minimum atomic E-state index is -1.15. The zero-order valence-corrected chi connectivity index (χ0v) is 11.4. The molecule has 1 aliphatic rings. The van der Waals surface area contributed by atoms with E-state index in [-0.39, 0.29) is 12.1 Å². The molecule has 0 unspecified atom stereocenters. The lowest BCUT2D eigenvalue weighted by Crippen LogP contribution is -2.64. The topological polar surface area (TPSA) is 99.6 Å². The Bertz CT molecular complexity index is 610. The van der Waals surface area contributed by atoms with Crippen molar-refractivity contribution in [3.05, 3.63) is 23.5 Å². The van der Waals surface area contributed by atoms with Crippen molar-refractivity contribution in [2.24, 2.45) is 0 Å². The van der Waals surface area contributed by atoms with Gasteiger partial charge in [0.15, 0.2) is 0 Å². The number of carbonyl (C=O) groups is 3. The van der Waals surface area contributed by atoms with E-state index in [1.54, 1.807) is 26.8 Å². The number of carboxylic acids is 1. The highest BCUT2D eigenvalue weighted by Gasteiger charge is 2.42. The van der Waals surface area contributed by atoms with Crippen LogP contribution in [0.4, 0.5) is 5.69 Å². The first kappa shape index (κ1) is 14.0.